The Morgan fingerprint density at radius 3 is 2.58 bits per heavy atom. The molecule has 0 radical (unpaired) electrons. The van der Waals surface area contributed by atoms with Crippen LogP contribution < -0.4 is 5.32 Å². The molecule has 110 valence electrons. The number of carbonyl (C=O) groups excluding carboxylic acids is 1. The van der Waals surface area contributed by atoms with Gasteiger partial charge in [0.25, 0.3) is 0 Å². The van der Waals surface area contributed by atoms with Crippen LogP contribution in [-0.4, -0.2) is 79.9 Å². The summed E-state index contributed by atoms with van der Waals surface area (Å²) in [5.74, 6) is -1.55. The van der Waals surface area contributed by atoms with Gasteiger partial charge in [0.2, 0.25) is 0 Å². The summed E-state index contributed by atoms with van der Waals surface area (Å²) in [5.41, 5.74) is 0. The highest BCUT2D eigenvalue weighted by Crippen LogP contribution is 2.20. The molecule has 0 saturated carbocycles. The molecule has 2 atom stereocenters. The maximum absolute atomic E-state index is 12.1. The van der Waals surface area contributed by atoms with E-state index in [-0.39, 0.29) is 25.3 Å². The third-order valence-corrected chi connectivity index (χ3v) is 3.20. The molecule has 0 bridgehead atoms. The van der Waals surface area contributed by atoms with Crippen molar-refractivity contribution in [1.29, 1.82) is 0 Å². The van der Waals surface area contributed by atoms with Crippen LogP contribution in [-0.2, 0) is 9.53 Å². The number of carboxylic acid groups (broad SMARTS) is 1. The lowest BCUT2D eigenvalue weighted by atomic mass is 10.0. The quantitative estimate of drug-likeness (QED) is 0.693. The Hall–Kier alpha value is -1.34. The monoisotopic (exact) mass is 273 g/mol. The Morgan fingerprint density at radius 1 is 1.37 bits per heavy atom. The van der Waals surface area contributed by atoms with E-state index in [0.717, 1.165) is 6.54 Å². The van der Waals surface area contributed by atoms with Gasteiger partial charge in [-0.15, -0.1) is 0 Å². The van der Waals surface area contributed by atoms with Crippen LogP contribution in [0.4, 0.5) is 4.79 Å². The lowest BCUT2D eigenvalue weighted by molar-refractivity contribution is -0.142. The van der Waals surface area contributed by atoms with Gasteiger partial charge in [0, 0.05) is 19.6 Å². The van der Waals surface area contributed by atoms with Crippen molar-refractivity contribution in [2.75, 3.05) is 46.9 Å². The second-order valence-corrected chi connectivity index (χ2v) is 4.87. The number of nitrogens with one attached hydrogen (secondary N) is 1. The zero-order chi connectivity index (χ0) is 14.4. The first-order chi connectivity index (χ1) is 8.97. The summed E-state index contributed by atoms with van der Waals surface area (Å²) >= 11 is 0. The number of amides is 2. The molecule has 0 aliphatic carbocycles. The normalized spacial score (nSPS) is 22.5. The van der Waals surface area contributed by atoms with E-state index in [1.54, 1.807) is 4.90 Å². The molecular weight excluding hydrogens is 250 g/mol. The van der Waals surface area contributed by atoms with E-state index in [4.69, 9.17) is 9.84 Å². The number of urea groups is 1. The highest BCUT2D eigenvalue weighted by Gasteiger charge is 2.39. The van der Waals surface area contributed by atoms with Crippen molar-refractivity contribution in [2.45, 2.75) is 13.0 Å². The number of ether oxygens (including phenoxy) is 1. The van der Waals surface area contributed by atoms with Gasteiger partial charge in [-0.25, -0.2) is 4.79 Å². The second-order valence-electron chi connectivity index (χ2n) is 4.87. The van der Waals surface area contributed by atoms with Crippen molar-refractivity contribution in [3.8, 4) is 0 Å². The number of carbonyl (C=O) groups is 2. The maximum atomic E-state index is 12.1. The largest absolute Gasteiger partial charge is 0.481 e. The third kappa shape index (κ3) is 4.36. The first-order valence-corrected chi connectivity index (χ1v) is 6.47. The highest BCUT2D eigenvalue weighted by molar-refractivity contribution is 5.77. The summed E-state index contributed by atoms with van der Waals surface area (Å²) in [6, 6.07) is -0.618. The van der Waals surface area contributed by atoms with Crippen LogP contribution in [0.5, 0.6) is 0 Å². The van der Waals surface area contributed by atoms with Crippen molar-refractivity contribution in [1.82, 2.24) is 15.1 Å². The molecule has 1 fully saturated rings. The van der Waals surface area contributed by atoms with E-state index in [1.165, 1.54) is 0 Å². The van der Waals surface area contributed by atoms with Crippen LogP contribution in [0.3, 0.4) is 0 Å². The number of hydrogen-bond donors (Lipinski definition) is 2. The number of rotatable bonds is 6. The van der Waals surface area contributed by atoms with Crippen LogP contribution in [0.25, 0.3) is 0 Å². The Morgan fingerprint density at radius 2 is 2.05 bits per heavy atom. The predicted octanol–water partition coefficient (Wildman–Crippen LogP) is -0.321. The van der Waals surface area contributed by atoms with E-state index >= 15 is 0 Å². The van der Waals surface area contributed by atoms with Gasteiger partial charge >= 0.3 is 12.0 Å². The molecule has 2 unspecified atom stereocenters. The molecule has 7 heteroatoms. The zero-order valence-corrected chi connectivity index (χ0v) is 11.8. The molecule has 1 rings (SSSR count). The lowest BCUT2D eigenvalue weighted by Crippen LogP contribution is -2.51. The first-order valence-electron chi connectivity index (χ1n) is 6.47. The Labute approximate surface area is 113 Å². The maximum Gasteiger partial charge on any atom is 0.317 e. The number of nitrogens with zero attached hydrogens (tertiary/aromatic N) is 2. The molecule has 2 N–H and O–H groups in total. The minimum absolute atomic E-state index is 0.168. The molecule has 0 aromatic heterocycles. The highest BCUT2D eigenvalue weighted by atomic mass is 16.5. The van der Waals surface area contributed by atoms with Gasteiger partial charge in [-0.3, -0.25) is 4.79 Å². The fourth-order valence-corrected chi connectivity index (χ4v) is 2.10. The molecule has 0 spiro atoms. The minimum atomic E-state index is -0.915. The van der Waals surface area contributed by atoms with Crippen molar-refractivity contribution in [3.05, 3.63) is 0 Å². The second kappa shape index (κ2) is 7.30. The SMILES string of the molecule is CCN(C(=O)NCCN(C)C)C1COCC1C(=O)O. The number of aliphatic carboxylic acids is 1. The van der Waals surface area contributed by atoms with Crippen molar-refractivity contribution in [3.63, 3.8) is 0 Å². The molecule has 0 aromatic carbocycles. The van der Waals surface area contributed by atoms with Gasteiger partial charge in [-0.05, 0) is 21.0 Å². The van der Waals surface area contributed by atoms with Crippen LogP contribution in [0.2, 0.25) is 0 Å². The standard InChI is InChI=1S/C12H23N3O4/c1-4-15(12(18)13-5-6-14(2)3)10-8-19-7-9(10)11(16)17/h9-10H,4-8H2,1-3H3,(H,13,18)(H,16,17). The third-order valence-electron chi connectivity index (χ3n) is 3.20. The topological polar surface area (TPSA) is 82.1 Å². The van der Waals surface area contributed by atoms with Crippen LogP contribution in [0.1, 0.15) is 6.92 Å². The van der Waals surface area contributed by atoms with E-state index in [1.807, 2.05) is 25.9 Å². The Kier molecular flexibility index (Phi) is 6.04. The average molecular weight is 273 g/mol. The Balaban J connectivity index is 2.56. The van der Waals surface area contributed by atoms with E-state index in [2.05, 4.69) is 5.32 Å². The molecule has 2 amide bonds. The van der Waals surface area contributed by atoms with Gasteiger partial charge in [0.15, 0.2) is 0 Å². The zero-order valence-electron chi connectivity index (χ0n) is 11.8. The Bertz CT molecular complexity index is 322. The molecule has 19 heavy (non-hydrogen) atoms. The van der Waals surface area contributed by atoms with Crippen LogP contribution in [0, 0.1) is 5.92 Å². The molecular formula is C12H23N3O4. The van der Waals surface area contributed by atoms with Crippen molar-refractivity contribution >= 4 is 12.0 Å². The molecule has 1 saturated heterocycles. The van der Waals surface area contributed by atoms with E-state index < -0.39 is 11.9 Å². The van der Waals surface area contributed by atoms with E-state index in [0.29, 0.717) is 13.1 Å². The summed E-state index contributed by atoms with van der Waals surface area (Å²) in [4.78, 5) is 26.7. The average Bonchev–Trinajstić information content (AvgIpc) is 2.78. The van der Waals surface area contributed by atoms with Gasteiger partial charge < -0.3 is 25.0 Å². The molecule has 1 aliphatic rings. The fourth-order valence-electron chi connectivity index (χ4n) is 2.10. The lowest BCUT2D eigenvalue weighted by Gasteiger charge is -2.29. The van der Waals surface area contributed by atoms with Crippen LogP contribution in [0.15, 0.2) is 0 Å². The van der Waals surface area contributed by atoms with Gasteiger partial charge in [-0.1, -0.05) is 0 Å². The number of carboxylic acids is 1. The number of hydrogen-bond acceptors (Lipinski definition) is 4. The van der Waals surface area contributed by atoms with E-state index in [9.17, 15) is 9.59 Å². The predicted molar refractivity (Wildman–Crippen MR) is 70.1 cm³/mol. The molecule has 0 aromatic rings. The smallest absolute Gasteiger partial charge is 0.317 e. The molecule has 1 heterocycles. The summed E-state index contributed by atoms with van der Waals surface area (Å²) in [6.07, 6.45) is 0. The number of likely N-dealkylation sites (N-methyl/N-ethyl adjacent to an activating group) is 2. The minimum Gasteiger partial charge on any atom is -0.481 e. The molecule has 7 nitrogen and oxygen atoms in total. The summed E-state index contributed by atoms with van der Waals surface area (Å²) in [7, 11) is 3.85. The summed E-state index contributed by atoms with van der Waals surface area (Å²) in [6.45, 7) is 4.03. The van der Waals surface area contributed by atoms with Crippen molar-refractivity contribution < 1.29 is 19.4 Å². The summed E-state index contributed by atoms with van der Waals surface area (Å²) in [5, 5.41) is 11.9. The van der Waals surface area contributed by atoms with Gasteiger partial charge in [0.05, 0.1) is 19.3 Å². The van der Waals surface area contributed by atoms with Crippen molar-refractivity contribution in [2.24, 2.45) is 5.92 Å². The van der Waals surface area contributed by atoms with Gasteiger partial charge in [-0.2, -0.15) is 0 Å². The fraction of sp³-hybridized carbons (Fsp3) is 0.833. The molecule has 1 aliphatic heterocycles. The van der Waals surface area contributed by atoms with Crippen LogP contribution >= 0.6 is 0 Å². The summed E-state index contributed by atoms with van der Waals surface area (Å²) < 4.78 is 5.20. The first kappa shape index (κ1) is 15.7. The van der Waals surface area contributed by atoms with Gasteiger partial charge in [0.1, 0.15) is 5.92 Å².